The van der Waals surface area contributed by atoms with Crippen LogP contribution < -0.4 is 10.6 Å². The second kappa shape index (κ2) is 6.04. The fourth-order valence-electron chi connectivity index (χ4n) is 2.72. The number of rotatable bonds is 4. The van der Waals surface area contributed by atoms with Gasteiger partial charge in [0.1, 0.15) is 10.8 Å². The van der Waals surface area contributed by atoms with Crippen LogP contribution in [0.3, 0.4) is 0 Å². The molecule has 2 aromatic rings. The summed E-state index contributed by atoms with van der Waals surface area (Å²) in [6.07, 6.45) is 2.68. The van der Waals surface area contributed by atoms with E-state index in [0.717, 1.165) is 48.2 Å². The highest BCUT2D eigenvalue weighted by Gasteiger charge is 2.27. The summed E-state index contributed by atoms with van der Waals surface area (Å²) in [5.74, 6) is 1.60. The first-order valence-electron chi connectivity index (χ1n) is 7.52. The second-order valence-electron chi connectivity index (χ2n) is 5.35. The Morgan fingerprint density at radius 1 is 1.50 bits per heavy atom. The minimum absolute atomic E-state index is 0.0851. The smallest absolute Gasteiger partial charge is 0.256 e. The van der Waals surface area contributed by atoms with Crippen LogP contribution in [0.1, 0.15) is 53.5 Å². The molecular weight excluding hydrogens is 300 g/mol. The van der Waals surface area contributed by atoms with Gasteiger partial charge in [-0.2, -0.15) is 9.47 Å². The lowest BCUT2D eigenvalue weighted by Gasteiger charge is -2.23. The lowest BCUT2D eigenvalue weighted by atomic mass is 10.1. The van der Waals surface area contributed by atoms with Crippen LogP contribution in [0.5, 0.6) is 0 Å². The average Bonchev–Trinajstić information content (AvgIpc) is 3.10. The summed E-state index contributed by atoms with van der Waals surface area (Å²) < 4.78 is 6.17. The Bertz CT molecular complexity index is 692. The number of hydrogen-bond donors (Lipinski definition) is 2. The van der Waals surface area contributed by atoms with Crippen molar-refractivity contribution in [2.75, 3.05) is 12.4 Å². The van der Waals surface area contributed by atoms with Crippen molar-refractivity contribution in [2.24, 2.45) is 0 Å². The molecular formula is C14H20N6OS. The molecule has 118 valence electrons. The normalized spacial score (nSPS) is 17.1. The molecule has 1 atom stereocenters. The molecule has 0 aromatic carbocycles. The minimum atomic E-state index is -0.102. The van der Waals surface area contributed by atoms with Crippen molar-refractivity contribution in [2.45, 2.75) is 45.7 Å². The topological polar surface area (TPSA) is 84.7 Å². The van der Waals surface area contributed by atoms with Gasteiger partial charge >= 0.3 is 0 Å². The Labute approximate surface area is 133 Å². The van der Waals surface area contributed by atoms with Crippen molar-refractivity contribution in [1.82, 2.24) is 24.5 Å². The standard InChI is InChI=1S/C14H20N6OS/c1-4-10-17-12-9(6-5-7-20(12)18-10)16-13(21)11-8(2)19-22-14(11)15-3/h9,15H,4-7H2,1-3H3,(H,16,21)/t9-/m0/s1. The molecule has 0 spiro atoms. The third-order valence-electron chi connectivity index (χ3n) is 3.86. The van der Waals surface area contributed by atoms with E-state index in [1.807, 2.05) is 18.5 Å². The van der Waals surface area contributed by atoms with Gasteiger partial charge in [-0.1, -0.05) is 6.92 Å². The number of aromatic nitrogens is 4. The Hall–Kier alpha value is -1.96. The summed E-state index contributed by atoms with van der Waals surface area (Å²) in [5.41, 5.74) is 1.37. The molecule has 3 rings (SSSR count). The Kier molecular flexibility index (Phi) is 4.10. The highest BCUT2D eigenvalue weighted by molar-refractivity contribution is 7.10. The van der Waals surface area contributed by atoms with Gasteiger partial charge in [0, 0.05) is 20.0 Å². The van der Waals surface area contributed by atoms with E-state index < -0.39 is 0 Å². The monoisotopic (exact) mass is 320 g/mol. The quantitative estimate of drug-likeness (QED) is 0.899. The van der Waals surface area contributed by atoms with E-state index in [9.17, 15) is 4.79 Å². The van der Waals surface area contributed by atoms with Crippen LogP contribution in [0.25, 0.3) is 0 Å². The van der Waals surface area contributed by atoms with Crippen molar-refractivity contribution < 1.29 is 4.79 Å². The molecule has 7 nitrogen and oxygen atoms in total. The molecule has 2 N–H and O–H groups in total. The first-order chi connectivity index (χ1) is 10.6. The lowest BCUT2D eigenvalue weighted by Crippen LogP contribution is -2.33. The van der Waals surface area contributed by atoms with Crippen LogP contribution in [-0.4, -0.2) is 32.1 Å². The van der Waals surface area contributed by atoms with Crippen molar-refractivity contribution in [3.05, 3.63) is 22.9 Å². The maximum absolute atomic E-state index is 12.6. The summed E-state index contributed by atoms with van der Waals surface area (Å²) >= 11 is 1.30. The first-order valence-corrected chi connectivity index (χ1v) is 8.29. The average molecular weight is 320 g/mol. The summed E-state index contributed by atoms with van der Waals surface area (Å²) in [6, 6.07) is -0.0851. The van der Waals surface area contributed by atoms with E-state index in [1.54, 1.807) is 7.05 Å². The van der Waals surface area contributed by atoms with E-state index in [0.29, 0.717) is 5.56 Å². The number of carbonyl (C=O) groups is 1. The fourth-order valence-corrected chi connectivity index (χ4v) is 3.47. The third kappa shape index (κ3) is 2.58. The van der Waals surface area contributed by atoms with Crippen molar-refractivity contribution in [3.8, 4) is 0 Å². The molecule has 1 aliphatic rings. The molecule has 1 amide bonds. The number of aryl methyl sites for hydroxylation is 3. The summed E-state index contributed by atoms with van der Waals surface area (Å²) in [4.78, 5) is 17.2. The number of amides is 1. The molecule has 0 saturated carbocycles. The van der Waals surface area contributed by atoms with E-state index in [-0.39, 0.29) is 11.9 Å². The highest BCUT2D eigenvalue weighted by Crippen LogP contribution is 2.27. The molecule has 2 aromatic heterocycles. The molecule has 0 saturated heterocycles. The summed E-state index contributed by atoms with van der Waals surface area (Å²) in [7, 11) is 1.80. The van der Waals surface area contributed by atoms with Crippen LogP contribution in [0.2, 0.25) is 0 Å². The molecule has 0 fully saturated rings. The highest BCUT2D eigenvalue weighted by atomic mass is 32.1. The Morgan fingerprint density at radius 3 is 3.05 bits per heavy atom. The van der Waals surface area contributed by atoms with Crippen LogP contribution in [-0.2, 0) is 13.0 Å². The molecule has 3 heterocycles. The zero-order valence-electron chi connectivity index (χ0n) is 13.0. The van der Waals surface area contributed by atoms with Gasteiger partial charge in [-0.05, 0) is 31.3 Å². The number of anilines is 1. The predicted octanol–water partition coefficient (Wildman–Crippen LogP) is 1.91. The minimum Gasteiger partial charge on any atom is -0.378 e. The number of nitrogens with zero attached hydrogens (tertiary/aromatic N) is 4. The largest absolute Gasteiger partial charge is 0.378 e. The van der Waals surface area contributed by atoms with Crippen LogP contribution in [0, 0.1) is 6.92 Å². The molecule has 0 unspecified atom stereocenters. The molecule has 8 heteroatoms. The van der Waals surface area contributed by atoms with Crippen LogP contribution in [0.15, 0.2) is 0 Å². The zero-order valence-corrected chi connectivity index (χ0v) is 13.8. The molecule has 0 bridgehead atoms. The van der Waals surface area contributed by atoms with Gasteiger partial charge in [-0.3, -0.25) is 4.79 Å². The van der Waals surface area contributed by atoms with Crippen molar-refractivity contribution in [1.29, 1.82) is 0 Å². The van der Waals surface area contributed by atoms with Gasteiger partial charge in [0.15, 0.2) is 5.82 Å². The van der Waals surface area contributed by atoms with Gasteiger partial charge in [0.25, 0.3) is 5.91 Å². The predicted molar refractivity (Wildman–Crippen MR) is 85.2 cm³/mol. The number of hydrogen-bond acceptors (Lipinski definition) is 6. The van der Waals surface area contributed by atoms with Gasteiger partial charge in [0.05, 0.1) is 17.3 Å². The molecule has 0 radical (unpaired) electrons. The van der Waals surface area contributed by atoms with Gasteiger partial charge in [-0.25, -0.2) is 9.67 Å². The van der Waals surface area contributed by atoms with E-state index >= 15 is 0 Å². The molecule has 22 heavy (non-hydrogen) atoms. The van der Waals surface area contributed by atoms with Crippen molar-refractivity contribution in [3.63, 3.8) is 0 Å². The summed E-state index contributed by atoms with van der Waals surface area (Å²) in [6.45, 7) is 4.76. The van der Waals surface area contributed by atoms with Crippen LogP contribution >= 0.6 is 11.5 Å². The van der Waals surface area contributed by atoms with Crippen molar-refractivity contribution >= 4 is 22.4 Å². The maximum atomic E-state index is 12.6. The van der Waals surface area contributed by atoms with Crippen LogP contribution in [0.4, 0.5) is 5.00 Å². The molecule has 0 aliphatic carbocycles. The van der Waals surface area contributed by atoms with E-state index in [1.165, 1.54) is 11.5 Å². The first kappa shape index (κ1) is 15.0. The third-order valence-corrected chi connectivity index (χ3v) is 4.81. The second-order valence-corrected chi connectivity index (χ2v) is 6.13. The maximum Gasteiger partial charge on any atom is 0.256 e. The van der Waals surface area contributed by atoms with Gasteiger partial charge in [0.2, 0.25) is 0 Å². The summed E-state index contributed by atoms with van der Waals surface area (Å²) in [5, 5.41) is 11.4. The fraction of sp³-hybridized carbons (Fsp3) is 0.571. The molecule has 1 aliphatic heterocycles. The van der Waals surface area contributed by atoms with E-state index in [4.69, 9.17) is 0 Å². The lowest BCUT2D eigenvalue weighted by molar-refractivity contribution is 0.0927. The zero-order chi connectivity index (χ0) is 15.7. The van der Waals surface area contributed by atoms with E-state index in [2.05, 4.69) is 25.1 Å². The Balaban J connectivity index is 1.83. The number of carbonyl (C=O) groups excluding carboxylic acids is 1. The Morgan fingerprint density at radius 2 is 2.32 bits per heavy atom. The van der Waals surface area contributed by atoms with Gasteiger partial charge in [-0.15, -0.1) is 0 Å². The number of nitrogens with one attached hydrogen (secondary N) is 2. The number of fused-ring (bicyclic) bond motifs is 1. The SMILES string of the molecule is CCc1nc2n(n1)CCC[C@@H]2NC(=O)c1c(C)nsc1NC. The van der Waals surface area contributed by atoms with Gasteiger partial charge < -0.3 is 10.6 Å².